The summed E-state index contributed by atoms with van der Waals surface area (Å²) in [6.45, 7) is 0.542. The highest BCUT2D eigenvalue weighted by atomic mass is 35.5. The van der Waals surface area contributed by atoms with Crippen LogP contribution < -0.4 is 5.73 Å². The minimum Gasteiger partial charge on any atom is -0.329 e. The van der Waals surface area contributed by atoms with Gasteiger partial charge in [-0.05, 0) is 23.8 Å². The summed E-state index contributed by atoms with van der Waals surface area (Å²) in [6.07, 6.45) is 5.23. The summed E-state index contributed by atoms with van der Waals surface area (Å²) in [5.74, 6) is 0. The number of hydrogen-bond acceptors (Lipinski definition) is 4. The van der Waals surface area contributed by atoms with Gasteiger partial charge < -0.3 is 5.73 Å². The van der Waals surface area contributed by atoms with Crippen LogP contribution in [-0.4, -0.2) is 16.5 Å². The smallest absolute Gasteiger partial charge is 0.0967 e. The second kappa shape index (κ2) is 6.00. The van der Waals surface area contributed by atoms with Crippen molar-refractivity contribution < 1.29 is 0 Å². The summed E-state index contributed by atoms with van der Waals surface area (Å²) in [4.78, 5) is 8.35. The van der Waals surface area contributed by atoms with Gasteiger partial charge in [0.2, 0.25) is 0 Å². The summed E-state index contributed by atoms with van der Waals surface area (Å²) in [5.41, 5.74) is 6.89. The predicted octanol–water partition coefficient (Wildman–Crippen LogP) is 2.92. The first-order chi connectivity index (χ1) is 8.29. The first-order valence-electron chi connectivity index (χ1n) is 5.18. The number of nitrogens with zero attached hydrogens (tertiary/aromatic N) is 2. The van der Waals surface area contributed by atoms with Gasteiger partial charge in [-0.1, -0.05) is 29.4 Å². The lowest BCUT2D eigenvalue weighted by Gasteiger charge is -2.13. The van der Waals surface area contributed by atoms with Crippen molar-refractivity contribution >= 4 is 23.4 Å². The Morgan fingerprint density at radius 1 is 1.29 bits per heavy atom. The normalized spacial score (nSPS) is 12.4. The molecule has 0 radical (unpaired) electrons. The molecule has 2 aromatic heterocycles. The van der Waals surface area contributed by atoms with Crippen LogP contribution >= 0.6 is 23.4 Å². The van der Waals surface area contributed by atoms with Gasteiger partial charge in [0.25, 0.3) is 0 Å². The predicted molar refractivity (Wildman–Crippen MR) is 71.1 cm³/mol. The molecule has 2 heterocycles. The van der Waals surface area contributed by atoms with Crippen molar-refractivity contribution in [3.8, 4) is 0 Å². The standard InChI is InChI=1S/C12H12ClN3S/c13-10-3-4-12(16-8-10)17-11(6-14)9-2-1-5-15-7-9/h1-5,7-8,11H,6,14H2. The summed E-state index contributed by atoms with van der Waals surface area (Å²) < 4.78 is 0. The first kappa shape index (κ1) is 12.4. The van der Waals surface area contributed by atoms with Gasteiger partial charge in [-0.15, -0.1) is 0 Å². The minimum absolute atomic E-state index is 0.164. The van der Waals surface area contributed by atoms with E-state index in [1.165, 1.54) is 0 Å². The van der Waals surface area contributed by atoms with Crippen LogP contribution in [0.4, 0.5) is 0 Å². The average Bonchev–Trinajstić information content (AvgIpc) is 2.39. The van der Waals surface area contributed by atoms with E-state index in [4.69, 9.17) is 17.3 Å². The van der Waals surface area contributed by atoms with E-state index < -0.39 is 0 Å². The van der Waals surface area contributed by atoms with Gasteiger partial charge in [0, 0.05) is 30.4 Å². The molecule has 2 N–H and O–H groups in total. The van der Waals surface area contributed by atoms with Gasteiger partial charge in [0.15, 0.2) is 0 Å². The van der Waals surface area contributed by atoms with Crippen molar-refractivity contribution in [1.29, 1.82) is 0 Å². The highest BCUT2D eigenvalue weighted by Gasteiger charge is 2.12. The molecule has 0 aromatic carbocycles. The van der Waals surface area contributed by atoms with Gasteiger partial charge in [0.1, 0.15) is 0 Å². The molecule has 0 aliphatic heterocycles. The number of aromatic nitrogens is 2. The topological polar surface area (TPSA) is 51.8 Å². The molecule has 1 unspecified atom stereocenters. The van der Waals surface area contributed by atoms with E-state index in [1.54, 1.807) is 24.2 Å². The summed E-state index contributed by atoms with van der Waals surface area (Å²) >= 11 is 7.41. The third-order valence-electron chi connectivity index (χ3n) is 2.23. The van der Waals surface area contributed by atoms with Gasteiger partial charge in [-0.2, -0.15) is 0 Å². The van der Waals surface area contributed by atoms with E-state index >= 15 is 0 Å². The van der Waals surface area contributed by atoms with Gasteiger partial charge in [-0.25, -0.2) is 4.98 Å². The number of hydrogen-bond donors (Lipinski definition) is 1. The number of pyridine rings is 2. The molecule has 5 heteroatoms. The molecular formula is C12H12ClN3S. The molecule has 2 aromatic rings. The second-order valence-corrected chi connectivity index (χ2v) is 5.10. The van der Waals surface area contributed by atoms with Crippen molar-refractivity contribution in [3.63, 3.8) is 0 Å². The Morgan fingerprint density at radius 3 is 2.76 bits per heavy atom. The summed E-state index contributed by atoms with van der Waals surface area (Å²) in [5, 5.41) is 1.71. The van der Waals surface area contributed by atoms with Crippen molar-refractivity contribution in [2.75, 3.05) is 6.54 Å². The molecule has 0 spiro atoms. The average molecular weight is 266 g/mol. The Kier molecular flexibility index (Phi) is 4.36. The maximum atomic E-state index is 5.79. The van der Waals surface area contributed by atoms with E-state index in [9.17, 15) is 0 Å². The Morgan fingerprint density at radius 2 is 2.18 bits per heavy atom. The van der Waals surface area contributed by atoms with Crippen LogP contribution in [0, 0.1) is 0 Å². The minimum atomic E-state index is 0.164. The fourth-order valence-corrected chi connectivity index (χ4v) is 2.43. The molecule has 2 rings (SSSR count). The molecule has 3 nitrogen and oxygen atoms in total. The Balaban J connectivity index is 2.13. The van der Waals surface area contributed by atoms with E-state index in [0.717, 1.165) is 10.6 Å². The van der Waals surface area contributed by atoms with Crippen LogP contribution in [0.1, 0.15) is 10.8 Å². The highest BCUT2D eigenvalue weighted by molar-refractivity contribution is 7.99. The molecule has 88 valence electrons. The highest BCUT2D eigenvalue weighted by Crippen LogP contribution is 2.32. The van der Waals surface area contributed by atoms with Gasteiger partial charge >= 0.3 is 0 Å². The van der Waals surface area contributed by atoms with Crippen molar-refractivity contribution in [2.45, 2.75) is 10.3 Å². The van der Waals surface area contributed by atoms with Gasteiger partial charge in [0.05, 0.1) is 10.0 Å². The molecule has 0 saturated heterocycles. The third-order valence-corrected chi connectivity index (χ3v) is 3.69. The van der Waals surface area contributed by atoms with E-state index in [0.29, 0.717) is 11.6 Å². The van der Waals surface area contributed by atoms with Crippen LogP contribution in [0.25, 0.3) is 0 Å². The zero-order valence-corrected chi connectivity index (χ0v) is 10.7. The Labute approximate surface area is 109 Å². The molecule has 0 bridgehead atoms. The molecule has 0 aliphatic rings. The molecule has 0 saturated carbocycles. The molecule has 1 atom stereocenters. The third kappa shape index (κ3) is 3.43. The maximum absolute atomic E-state index is 5.79. The van der Waals surface area contributed by atoms with Crippen LogP contribution in [0.2, 0.25) is 5.02 Å². The van der Waals surface area contributed by atoms with E-state index in [1.807, 2.05) is 30.5 Å². The van der Waals surface area contributed by atoms with Crippen LogP contribution in [-0.2, 0) is 0 Å². The number of nitrogens with two attached hydrogens (primary N) is 1. The molecular weight excluding hydrogens is 254 g/mol. The van der Waals surface area contributed by atoms with Crippen LogP contribution in [0.3, 0.4) is 0 Å². The fourth-order valence-electron chi connectivity index (χ4n) is 1.40. The van der Waals surface area contributed by atoms with Crippen LogP contribution in [0.5, 0.6) is 0 Å². The quantitative estimate of drug-likeness (QED) is 0.864. The van der Waals surface area contributed by atoms with Gasteiger partial charge in [-0.3, -0.25) is 4.98 Å². The molecule has 17 heavy (non-hydrogen) atoms. The largest absolute Gasteiger partial charge is 0.329 e. The molecule has 0 fully saturated rings. The lowest BCUT2D eigenvalue weighted by Crippen LogP contribution is -2.09. The van der Waals surface area contributed by atoms with E-state index in [2.05, 4.69) is 9.97 Å². The fraction of sp³-hybridized carbons (Fsp3) is 0.167. The zero-order chi connectivity index (χ0) is 12.1. The molecule has 0 amide bonds. The van der Waals surface area contributed by atoms with E-state index in [-0.39, 0.29) is 5.25 Å². The number of rotatable bonds is 4. The monoisotopic (exact) mass is 265 g/mol. The summed E-state index contributed by atoms with van der Waals surface area (Å²) in [7, 11) is 0. The molecule has 0 aliphatic carbocycles. The van der Waals surface area contributed by atoms with Crippen LogP contribution in [0.15, 0.2) is 47.9 Å². The lowest BCUT2D eigenvalue weighted by molar-refractivity contribution is 0.926. The first-order valence-corrected chi connectivity index (χ1v) is 6.43. The Hall–Kier alpha value is -1.10. The zero-order valence-electron chi connectivity index (χ0n) is 9.08. The maximum Gasteiger partial charge on any atom is 0.0967 e. The van der Waals surface area contributed by atoms with Crippen molar-refractivity contribution in [3.05, 3.63) is 53.4 Å². The number of halogens is 1. The Bertz CT molecular complexity index is 461. The van der Waals surface area contributed by atoms with Crippen molar-refractivity contribution in [1.82, 2.24) is 9.97 Å². The SMILES string of the molecule is NCC(Sc1ccc(Cl)cn1)c1cccnc1. The summed E-state index contributed by atoms with van der Waals surface area (Å²) in [6, 6.07) is 7.65. The second-order valence-electron chi connectivity index (χ2n) is 3.44. The van der Waals surface area contributed by atoms with Crippen molar-refractivity contribution in [2.24, 2.45) is 5.73 Å². The lowest BCUT2D eigenvalue weighted by atomic mass is 10.2. The number of thioether (sulfide) groups is 1.